The number of allylic oxidation sites excluding steroid dienone is 8. The Morgan fingerprint density at radius 2 is 0.895 bits per heavy atom. The van der Waals surface area contributed by atoms with E-state index >= 15 is 0 Å². The molecular formula is C16H24Cl2Zr-2. The Kier molecular flexibility index (Phi) is 14.3. The van der Waals surface area contributed by atoms with Crippen LogP contribution < -0.4 is 24.8 Å². The average Bonchev–Trinajstić information content (AvgIpc) is 2.58. The zero-order valence-corrected chi connectivity index (χ0v) is 16.8. The van der Waals surface area contributed by atoms with E-state index in [1.54, 1.807) is 0 Å². The smallest absolute Gasteiger partial charge is 0 e. The van der Waals surface area contributed by atoms with E-state index in [4.69, 9.17) is 0 Å². The summed E-state index contributed by atoms with van der Waals surface area (Å²) in [5.41, 5.74) is 8.98. The molecule has 0 saturated carbocycles. The molecule has 0 aromatic rings. The summed E-state index contributed by atoms with van der Waals surface area (Å²) in [4.78, 5) is 0. The average molecular weight is 378 g/mol. The second-order valence-electron chi connectivity index (χ2n) is 5.26. The van der Waals surface area contributed by atoms with Gasteiger partial charge in [-0.15, -0.1) is 0 Å². The fourth-order valence-corrected chi connectivity index (χ4v) is 2.20. The van der Waals surface area contributed by atoms with Gasteiger partial charge in [-0.3, -0.25) is 0 Å². The van der Waals surface area contributed by atoms with Gasteiger partial charge in [-0.1, -0.05) is 45.6 Å². The van der Waals surface area contributed by atoms with Crippen LogP contribution in [0.5, 0.6) is 0 Å². The Labute approximate surface area is 150 Å². The van der Waals surface area contributed by atoms with E-state index in [1.165, 1.54) is 46.3 Å². The third kappa shape index (κ3) is 8.33. The first-order valence-electron chi connectivity index (χ1n) is 6.07. The van der Waals surface area contributed by atoms with Crippen molar-refractivity contribution in [2.75, 3.05) is 0 Å². The van der Waals surface area contributed by atoms with Crippen molar-refractivity contribution in [1.29, 1.82) is 0 Å². The summed E-state index contributed by atoms with van der Waals surface area (Å²) in [6.07, 6.45) is 6.92. The Morgan fingerprint density at radius 3 is 0.947 bits per heavy atom. The normalized spacial score (nSPS) is 16.5. The van der Waals surface area contributed by atoms with Gasteiger partial charge in [0.15, 0.2) is 0 Å². The number of halogens is 2. The molecule has 0 saturated heterocycles. The zero-order valence-electron chi connectivity index (χ0n) is 12.8. The van der Waals surface area contributed by atoms with Gasteiger partial charge in [0.05, 0.1) is 0 Å². The molecule has 0 aromatic heterocycles. The molecule has 0 unspecified atom stereocenters. The van der Waals surface area contributed by atoms with E-state index in [-0.39, 0.29) is 51.0 Å². The minimum absolute atomic E-state index is 0. The quantitative estimate of drug-likeness (QED) is 0.526. The van der Waals surface area contributed by atoms with Gasteiger partial charge < -0.3 is 24.8 Å². The standard InChI is InChI=1S/2C8H12.2ClH.Zr/c2*1-6-4-7(2)8(3)5-6;;;/h2*4H,5H2,1-3H3;2*1H;/p-2. The molecule has 0 fully saturated rings. The summed E-state index contributed by atoms with van der Waals surface area (Å²) in [6.45, 7) is 13.1. The second-order valence-corrected chi connectivity index (χ2v) is 5.26. The number of rotatable bonds is 0. The van der Waals surface area contributed by atoms with Crippen LogP contribution in [0.1, 0.15) is 54.4 Å². The largest absolute Gasteiger partial charge is 1.00 e. The van der Waals surface area contributed by atoms with Crippen LogP contribution in [0, 0.1) is 0 Å². The molecule has 2 aliphatic rings. The van der Waals surface area contributed by atoms with Crippen LogP contribution in [0.4, 0.5) is 0 Å². The van der Waals surface area contributed by atoms with Crippen molar-refractivity contribution in [3.63, 3.8) is 0 Å². The maximum absolute atomic E-state index is 2.26. The summed E-state index contributed by atoms with van der Waals surface area (Å²) in [7, 11) is 0. The van der Waals surface area contributed by atoms with Gasteiger partial charge in [0.1, 0.15) is 0 Å². The summed E-state index contributed by atoms with van der Waals surface area (Å²) in [5, 5.41) is 0. The molecule has 0 nitrogen and oxygen atoms in total. The van der Waals surface area contributed by atoms with Crippen LogP contribution in [-0.2, 0) is 26.2 Å². The van der Waals surface area contributed by atoms with Crippen LogP contribution >= 0.6 is 0 Å². The van der Waals surface area contributed by atoms with Gasteiger partial charge in [-0.2, -0.15) is 0 Å². The topological polar surface area (TPSA) is 0 Å². The van der Waals surface area contributed by atoms with Crippen molar-refractivity contribution >= 4 is 0 Å². The van der Waals surface area contributed by atoms with Crippen LogP contribution in [0.2, 0.25) is 0 Å². The zero-order chi connectivity index (χ0) is 12.3. The summed E-state index contributed by atoms with van der Waals surface area (Å²) < 4.78 is 0. The van der Waals surface area contributed by atoms with Crippen LogP contribution in [0.25, 0.3) is 0 Å². The molecule has 0 aromatic carbocycles. The van der Waals surface area contributed by atoms with E-state index < -0.39 is 0 Å². The van der Waals surface area contributed by atoms with Crippen molar-refractivity contribution in [2.24, 2.45) is 0 Å². The predicted octanol–water partition coefficient (Wildman–Crippen LogP) is -0.649. The van der Waals surface area contributed by atoms with Crippen LogP contribution in [-0.4, -0.2) is 0 Å². The monoisotopic (exact) mass is 376 g/mol. The molecule has 108 valence electrons. The Hall–Kier alpha value is 0.423. The maximum Gasteiger partial charge on any atom is 0 e. The minimum Gasteiger partial charge on any atom is -1.00 e. The van der Waals surface area contributed by atoms with Gasteiger partial charge in [-0.05, 0) is 54.4 Å². The fourth-order valence-electron chi connectivity index (χ4n) is 2.20. The maximum atomic E-state index is 2.26. The molecule has 0 bridgehead atoms. The van der Waals surface area contributed by atoms with E-state index in [0.29, 0.717) is 0 Å². The third-order valence-corrected chi connectivity index (χ3v) is 3.36. The van der Waals surface area contributed by atoms with E-state index in [2.05, 4.69) is 53.7 Å². The van der Waals surface area contributed by atoms with E-state index in [1.807, 2.05) is 0 Å². The number of hydrogen-bond acceptors (Lipinski definition) is 0. The summed E-state index contributed by atoms with van der Waals surface area (Å²) in [6, 6.07) is 0. The van der Waals surface area contributed by atoms with Crippen molar-refractivity contribution in [3.8, 4) is 0 Å². The third-order valence-electron chi connectivity index (χ3n) is 3.36. The van der Waals surface area contributed by atoms with Gasteiger partial charge in [-0.25, -0.2) is 0 Å². The molecule has 0 heterocycles. The first kappa shape index (κ1) is 24.4. The van der Waals surface area contributed by atoms with Gasteiger partial charge in [0.2, 0.25) is 0 Å². The Bertz CT molecular complexity index is 372. The molecular weight excluding hydrogens is 354 g/mol. The molecule has 3 heteroatoms. The molecule has 0 N–H and O–H groups in total. The Morgan fingerprint density at radius 1 is 0.632 bits per heavy atom. The van der Waals surface area contributed by atoms with Gasteiger partial charge >= 0.3 is 0 Å². The van der Waals surface area contributed by atoms with E-state index in [9.17, 15) is 0 Å². The molecule has 2 aliphatic carbocycles. The molecule has 0 amide bonds. The Balaban J connectivity index is -0.000000233. The first-order valence-corrected chi connectivity index (χ1v) is 6.07. The number of hydrogen-bond donors (Lipinski definition) is 0. The minimum atomic E-state index is 0. The molecule has 2 rings (SSSR count). The SMILES string of the molecule is CC1=CC(C)=C(C)C1.CC1=CC(C)=C(C)C1.[Cl-].[Cl-].[Zr]. The first-order chi connectivity index (χ1) is 7.40. The molecule has 19 heavy (non-hydrogen) atoms. The molecule has 0 spiro atoms. The molecule has 0 atom stereocenters. The van der Waals surface area contributed by atoms with Gasteiger partial charge in [0, 0.05) is 26.2 Å². The second kappa shape index (κ2) is 11.1. The molecule has 0 aliphatic heterocycles. The predicted molar refractivity (Wildman–Crippen MR) is 73.5 cm³/mol. The van der Waals surface area contributed by atoms with Crippen molar-refractivity contribution in [2.45, 2.75) is 54.4 Å². The van der Waals surface area contributed by atoms with Crippen molar-refractivity contribution in [3.05, 3.63) is 45.6 Å². The summed E-state index contributed by atoms with van der Waals surface area (Å²) >= 11 is 0. The van der Waals surface area contributed by atoms with Crippen LogP contribution in [0.3, 0.4) is 0 Å². The van der Waals surface area contributed by atoms with Crippen molar-refractivity contribution < 1.29 is 51.0 Å². The van der Waals surface area contributed by atoms with Crippen LogP contribution in [0.15, 0.2) is 45.6 Å². The molecule has 0 radical (unpaired) electrons. The van der Waals surface area contributed by atoms with Crippen molar-refractivity contribution in [1.82, 2.24) is 0 Å². The van der Waals surface area contributed by atoms with E-state index in [0.717, 1.165) is 0 Å². The fraction of sp³-hybridized carbons (Fsp3) is 0.500. The van der Waals surface area contributed by atoms with Gasteiger partial charge in [0.25, 0.3) is 0 Å². The summed E-state index contributed by atoms with van der Waals surface area (Å²) in [5.74, 6) is 0.